The molecule has 1 aromatic carbocycles. The van der Waals surface area contributed by atoms with Gasteiger partial charge in [0.15, 0.2) is 12.2 Å². The minimum atomic E-state index is -1.15. The van der Waals surface area contributed by atoms with Gasteiger partial charge in [-0.2, -0.15) is 0 Å². The highest BCUT2D eigenvalue weighted by molar-refractivity contribution is 6.30. The van der Waals surface area contributed by atoms with Gasteiger partial charge in [-0.05, 0) is 18.2 Å². The molecule has 1 aliphatic heterocycles. The van der Waals surface area contributed by atoms with Gasteiger partial charge in [-0.1, -0.05) is 17.7 Å². The highest BCUT2D eigenvalue weighted by Crippen LogP contribution is 2.28. The first-order valence-electron chi connectivity index (χ1n) is 8.48. The van der Waals surface area contributed by atoms with Crippen LogP contribution >= 0.6 is 11.6 Å². The number of carbonyl (C=O) groups excluding carboxylic acids is 3. The summed E-state index contributed by atoms with van der Waals surface area (Å²) in [6.07, 6.45) is -4.20. The van der Waals surface area contributed by atoms with Crippen LogP contribution in [0.3, 0.4) is 0 Å². The Morgan fingerprint density at radius 2 is 1.71 bits per heavy atom. The van der Waals surface area contributed by atoms with Gasteiger partial charge in [-0.25, -0.2) is 0 Å². The van der Waals surface area contributed by atoms with Crippen LogP contribution in [0.15, 0.2) is 24.3 Å². The summed E-state index contributed by atoms with van der Waals surface area (Å²) in [6, 6.07) is 5.50. The van der Waals surface area contributed by atoms with Crippen LogP contribution in [0.4, 0.5) is 0 Å². The molecule has 0 aromatic heterocycles. The van der Waals surface area contributed by atoms with Crippen molar-refractivity contribution in [1.82, 2.24) is 0 Å². The SMILES string of the molecule is CC(=O)OCC1OC(Oc2cccc(Cl)c2)C(OC(C)=O)C(N)C1OC(C)=O. The molecule has 2 N–H and O–H groups in total. The summed E-state index contributed by atoms with van der Waals surface area (Å²) in [5.41, 5.74) is 6.21. The van der Waals surface area contributed by atoms with E-state index < -0.39 is 48.6 Å². The van der Waals surface area contributed by atoms with Gasteiger partial charge < -0.3 is 29.4 Å². The molecule has 5 unspecified atom stereocenters. The summed E-state index contributed by atoms with van der Waals surface area (Å²) >= 11 is 5.96. The Balaban J connectivity index is 2.29. The van der Waals surface area contributed by atoms with Crippen molar-refractivity contribution in [2.75, 3.05) is 6.61 Å². The van der Waals surface area contributed by atoms with Crippen molar-refractivity contribution < 1.29 is 38.1 Å². The van der Waals surface area contributed by atoms with Gasteiger partial charge in [0, 0.05) is 25.8 Å². The van der Waals surface area contributed by atoms with Crippen LogP contribution in [-0.4, -0.2) is 55.2 Å². The molecule has 0 amide bonds. The molecule has 1 heterocycles. The largest absolute Gasteiger partial charge is 0.463 e. The molecule has 1 saturated heterocycles. The number of rotatable bonds is 6. The predicted molar refractivity (Wildman–Crippen MR) is 96.5 cm³/mol. The third-order valence-electron chi connectivity index (χ3n) is 3.81. The Hall–Kier alpha value is -2.36. The number of ether oxygens (including phenoxy) is 5. The molecule has 0 aliphatic carbocycles. The number of esters is 3. The molecule has 1 fully saturated rings. The van der Waals surface area contributed by atoms with Crippen molar-refractivity contribution in [2.24, 2.45) is 5.73 Å². The van der Waals surface area contributed by atoms with Crippen molar-refractivity contribution in [2.45, 2.75) is 51.4 Å². The van der Waals surface area contributed by atoms with E-state index in [1.54, 1.807) is 24.3 Å². The first kappa shape index (κ1) is 21.9. The fourth-order valence-electron chi connectivity index (χ4n) is 2.72. The summed E-state index contributed by atoms with van der Waals surface area (Å²) in [6.45, 7) is 3.40. The van der Waals surface area contributed by atoms with Gasteiger partial charge in [0.1, 0.15) is 18.5 Å². The summed E-state index contributed by atoms with van der Waals surface area (Å²) < 4.78 is 27.0. The molecule has 2 rings (SSSR count). The van der Waals surface area contributed by atoms with Crippen LogP contribution in [-0.2, 0) is 33.3 Å². The Bertz CT molecular complexity index is 725. The fraction of sp³-hybridized carbons (Fsp3) is 0.500. The number of hydrogen-bond acceptors (Lipinski definition) is 9. The monoisotopic (exact) mass is 415 g/mol. The first-order chi connectivity index (χ1) is 13.2. The molecule has 9 nitrogen and oxygen atoms in total. The lowest BCUT2D eigenvalue weighted by atomic mass is 9.96. The third kappa shape index (κ3) is 6.08. The zero-order chi connectivity index (χ0) is 20.8. The quantitative estimate of drug-likeness (QED) is 0.539. The Labute approximate surface area is 167 Å². The van der Waals surface area contributed by atoms with E-state index in [2.05, 4.69) is 0 Å². The summed E-state index contributed by atoms with van der Waals surface area (Å²) in [5.74, 6) is -1.44. The van der Waals surface area contributed by atoms with E-state index in [1.165, 1.54) is 20.8 Å². The van der Waals surface area contributed by atoms with Crippen molar-refractivity contribution in [1.29, 1.82) is 0 Å². The maximum atomic E-state index is 11.5. The first-order valence-corrected chi connectivity index (χ1v) is 8.86. The van der Waals surface area contributed by atoms with Crippen molar-refractivity contribution in [3.8, 4) is 5.75 Å². The van der Waals surface area contributed by atoms with E-state index in [0.29, 0.717) is 10.8 Å². The van der Waals surface area contributed by atoms with E-state index in [0.717, 1.165) is 0 Å². The Morgan fingerprint density at radius 3 is 2.29 bits per heavy atom. The molecule has 5 atom stereocenters. The average molecular weight is 416 g/mol. The molecule has 0 bridgehead atoms. The highest BCUT2D eigenvalue weighted by atomic mass is 35.5. The van der Waals surface area contributed by atoms with Gasteiger partial charge in [0.05, 0.1) is 6.04 Å². The van der Waals surface area contributed by atoms with Crippen LogP contribution in [0.25, 0.3) is 0 Å². The number of carbonyl (C=O) groups is 3. The van der Waals surface area contributed by atoms with Crippen LogP contribution in [0.1, 0.15) is 20.8 Å². The van der Waals surface area contributed by atoms with E-state index in [-0.39, 0.29) is 6.61 Å². The molecule has 154 valence electrons. The molecule has 28 heavy (non-hydrogen) atoms. The normalized spacial score (nSPS) is 26.8. The zero-order valence-electron chi connectivity index (χ0n) is 15.6. The molecular weight excluding hydrogens is 394 g/mol. The molecular formula is C18H22ClNO8. The molecule has 0 spiro atoms. The number of hydrogen-bond donors (Lipinski definition) is 1. The second-order valence-electron chi connectivity index (χ2n) is 6.15. The topological polar surface area (TPSA) is 123 Å². The standard InChI is InChI=1S/C18H22ClNO8/c1-9(21)24-8-14-16(25-10(2)22)15(20)17(26-11(3)23)18(28-14)27-13-6-4-5-12(19)7-13/h4-7,14-18H,8,20H2,1-3H3. The molecule has 1 aromatic rings. The van der Waals surface area contributed by atoms with Gasteiger partial charge in [0.25, 0.3) is 0 Å². The fourth-order valence-corrected chi connectivity index (χ4v) is 2.90. The van der Waals surface area contributed by atoms with Crippen LogP contribution in [0, 0.1) is 0 Å². The third-order valence-corrected chi connectivity index (χ3v) is 4.04. The molecule has 0 radical (unpaired) electrons. The van der Waals surface area contributed by atoms with Crippen LogP contribution < -0.4 is 10.5 Å². The summed E-state index contributed by atoms with van der Waals surface area (Å²) in [5, 5.41) is 0.427. The second-order valence-corrected chi connectivity index (χ2v) is 6.58. The lowest BCUT2D eigenvalue weighted by Gasteiger charge is -2.43. The molecule has 10 heteroatoms. The summed E-state index contributed by atoms with van der Waals surface area (Å²) in [7, 11) is 0. The maximum absolute atomic E-state index is 11.5. The van der Waals surface area contributed by atoms with Crippen molar-refractivity contribution >= 4 is 29.5 Å². The van der Waals surface area contributed by atoms with Gasteiger partial charge >= 0.3 is 17.9 Å². The number of halogens is 1. The smallest absolute Gasteiger partial charge is 0.303 e. The van der Waals surface area contributed by atoms with Crippen molar-refractivity contribution in [3.63, 3.8) is 0 Å². The zero-order valence-corrected chi connectivity index (χ0v) is 16.4. The van der Waals surface area contributed by atoms with E-state index in [4.69, 9.17) is 41.0 Å². The van der Waals surface area contributed by atoms with E-state index >= 15 is 0 Å². The minimum absolute atomic E-state index is 0.233. The van der Waals surface area contributed by atoms with Gasteiger partial charge in [-0.3, -0.25) is 14.4 Å². The Morgan fingerprint density at radius 1 is 1.07 bits per heavy atom. The summed E-state index contributed by atoms with van der Waals surface area (Å²) in [4.78, 5) is 34.2. The highest BCUT2D eigenvalue weighted by Gasteiger charge is 2.49. The lowest BCUT2D eigenvalue weighted by Crippen LogP contribution is -2.65. The predicted octanol–water partition coefficient (Wildman–Crippen LogP) is 1.20. The number of nitrogens with two attached hydrogens (primary N) is 1. The molecule has 1 aliphatic rings. The van der Waals surface area contributed by atoms with Gasteiger partial charge in [-0.15, -0.1) is 0 Å². The van der Waals surface area contributed by atoms with E-state index in [9.17, 15) is 14.4 Å². The van der Waals surface area contributed by atoms with Crippen LogP contribution in [0.2, 0.25) is 5.02 Å². The number of benzene rings is 1. The van der Waals surface area contributed by atoms with Crippen LogP contribution in [0.5, 0.6) is 5.75 Å². The maximum Gasteiger partial charge on any atom is 0.303 e. The van der Waals surface area contributed by atoms with E-state index in [1.807, 2.05) is 0 Å². The Kier molecular flexibility index (Phi) is 7.61. The molecule has 0 saturated carbocycles. The average Bonchev–Trinajstić information content (AvgIpc) is 2.58. The second kappa shape index (κ2) is 9.72. The van der Waals surface area contributed by atoms with Crippen molar-refractivity contribution in [3.05, 3.63) is 29.3 Å². The lowest BCUT2D eigenvalue weighted by molar-refractivity contribution is -0.259. The minimum Gasteiger partial charge on any atom is -0.463 e. The van der Waals surface area contributed by atoms with Gasteiger partial charge in [0.2, 0.25) is 6.29 Å².